The SMILES string of the molecule is CC(C)C1CCNc2ccccc21. The first kappa shape index (κ1) is 8.61. The number of nitrogens with one attached hydrogen (secondary N) is 1. The van der Waals surface area contributed by atoms with Crippen molar-refractivity contribution in [2.24, 2.45) is 5.92 Å². The van der Waals surface area contributed by atoms with Crippen LogP contribution in [0.1, 0.15) is 31.7 Å². The van der Waals surface area contributed by atoms with Crippen molar-refractivity contribution in [1.29, 1.82) is 0 Å². The van der Waals surface area contributed by atoms with Crippen LogP contribution >= 0.6 is 0 Å². The minimum atomic E-state index is 0.748. The van der Waals surface area contributed by atoms with E-state index in [1.165, 1.54) is 17.7 Å². The van der Waals surface area contributed by atoms with Gasteiger partial charge in [-0.3, -0.25) is 0 Å². The van der Waals surface area contributed by atoms with Gasteiger partial charge in [-0.1, -0.05) is 32.0 Å². The normalized spacial score (nSPS) is 21.0. The van der Waals surface area contributed by atoms with Crippen LogP contribution in [0.2, 0.25) is 0 Å². The molecule has 1 heterocycles. The molecule has 1 nitrogen and oxygen atoms in total. The Morgan fingerprint density at radius 3 is 2.85 bits per heavy atom. The Labute approximate surface area is 80.2 Å². The number of hydrogen-bond acceptors (Lipinski definition) is 1. The predicted molar refractivity (Wildman–Crippen MR) is 57.1 cm³/mol. The van der Waals surface area contributed by atoms with Crippen LogP contribution in [0.4, 0.5) is 5.69 Å². The molecule has 0 aliphatic carbocycles. The molecule has 0 spiro atoms. The minimum Gasteiger partial charge on any atom is -0.385 e. The maximum atomic E-state index is 3.45. The van der Waals surface area contributed by atoms with Crippen molar-refractivity contribution in [3.63, 3.8) is 0 Å². The van der Waals surface area contributed by atoms with Gasteiger partial charge < -0.3 is 5.32 Å². The van der Waals surface area contributed by atoms with Crippen molar-refractivity contribution < 1.29 is 0 Å². The second-order valence-electron chi connectivity index (χ2n) is 4.15. The highest BCUT2D eigenvalue weighted by Crippen LogP contribution is 2.35. The van der Waals surface area contributed by atoms with Gasteiger partial charge in [-0.05, 0) is 29.9 Å². The number of anilines is 1. The molecule has 1 aromatic rings. The first-order valence-electron chi connectivity index (χ1n) is 5.12. The Bertz CT molecular complexity index is 291. The van der Waals surface area contributed by atoms with Crippen LogP contribution in [-0.2, 0) is 0 Å². The first-order chi connectivity index (χ1) is 6.29. The van der Waals surface area contributed by atoms with Gasteiger partial charge in [0, 0.05) is 12.2 Å². The van der Waals surface area contributed by atoms with Crippen LogP contribution in [-0.4, -0.2) is 6.54 Å². The zero-order valence-corrected chi connectivity index (χ0v) is 8.38. The Balaban J connectivity index is 2.37. The fraction of sp³-hybridized carbons (Fsp3) is 0.500. The van der Waals surface area contributed by atoms with Crippen LogP contribution in [0.5, 0.6) is 0 Å². The number of hydrogen-bond donors (Lipinski definition) is 1. The fourth-order valence-electron chi connectivity index (χ4n) is 2.19. The van der Waals surface area contributed by atoms with Gasteiger partial charge in [0.15, 0.2) is 0 Å². The predicted octanol–water partition coefficient (Wildman–Crippen LogP) is 3.24. The third-order valence-electron chi connectivity index (χ3n) is 2.94. The molecule has 0 saturated heterocycles. The molecule has 13 heavy (non-hydrogen) atoms. The van der Waals surface area contributed by atoms with Crippen LogP contribution < -0.4 is 5.32 Å². The summed E-state index contributed by atoms with van der Waals surface area (Å²) < 4.78 is 0. The number of fused-ring (bicyclic) bond motifs is 1. The van der Waals surface area contributed by atoms with Crippen molar-refractivity contribution in [2.45, 2.75) is 26.2 Å². The second kappa shape index (κ2) is 3.41. The second-order valence-corrected chi connectivity index (χ2v) is 4.15. The maximum Gasteiger partial charge on any atom is 0.0375 e. The van der Waals surface area contributed by atoms with Crippen LogP contribution in [0, 0.1) is 5.92 Å². The lowest BCUT2D eigenvalue weighted by atomic mass is 9.83. The summed E-state index contributed by atoms with van der Waals surface area (Å²) in [6.07, 6.45) is 1.27. The maximum absolute atomic E-state index is 3.45. The summed E-state index contributed by atoms with van der Waals surface area (Å²) in [5.74, 6) is 1.50. The third-order valence-corrected chi connectivity index (χ3v) is 2.94. The summed E-state index contributed by atoms with van der Waals surface area (Å²) in [4.78, 5) is 0. The quantitative estimate of drug-likeness (QED) is 0.691. The molecule has 0 bridgehead atoms. The molecule has 1 atom stereocenters. The smallest absolute Gasteiger partial charge is 0.0375 e. The molecule has 2 rings (SSSR count). The molecular weight excluding hydrogens is 158 g/mol. The van der Waals surface area contributed by atoms with Gasteiger partial charge >= 0.3 is 0 Å². The van der Waals surface area contributed by atoms with Gasteiger partial charge in [0.05, 0.1) is 0 Å². The number of benzene rings is 1. The fourth-order valence-corrected chi connectivity index (χ4v) is 2.19. The molecule has 1 N–H and O–H groups in total. The lowest BCUT2D eigenvalue weighted by molar-refractivity contribution is 0.469. The minimum absolute atomic E-state index is 0.748. The van der Waals surface area contributed by atoms with Gasteiger partial charge in [-0.2, -0.15) is 0 Å². The Kier molecular flexibility index (Phi) is 2.26. The lowest BCUT2D eigenvalue weighted by Gasteiger charge is -2.29. The standard InChI is InChI=1S/C12H17N/c1-9(2)10-7-8-13-12-6-4-3-5-11(10)12/h3-6,9-10,13H,7-8H2,1-2H3. The zero-order valence-electron chi connectivity index (χ0n) is 8.38. The van der Waals surface area contributed by atoms with E-state index >= 15 is 0 Å². The van der Waals surface area contributed by atoms with Crippen molar-refractivity contribution >= 4 is 5.69 Å². The molecule has 0 fully saturated rings. The van der Waals surface area contributed by atoms with E-state index in [1.54, 1.807) is 0 Å². The molecule has 0 radical (unpaired) electrons. The average Bonchev–Trinajstić information content (AvgIpc) is 2.17. The molecule has 1 aliphatic rings. The van der Waals surface area contributed by atoms with Crippen molar-refractivity contribution in [3.05, 3.63) is 29.8 Å². The highest BCUT2D eigenvalue weighted by atomic mass is 14.9. The summed E-state index contributed by atoms with van der Waals surface area (Å²) in [5, 5.41) is 3.45. The third kappa shape index (κ3) is 1.55. The van der Waals surface area contributed by atoms with E-state index in [0.717, 1.165) is 18.4 Å². The van der Waals surface area contributed by atoms with E-state index in [9.17, 15) is 0 Å². The number of para-hydroxylation sites is 1. The van der Waals surface area contributed by atoms with Gasteiger partial charge in [0.25, 0.3) is 0 Å². The molecule has 1 aliphatic heterocycles. The largest absolute Gasteiger partial charge is 0.385 e. The van der Waals surface area contributed by atoms with Crippen molar-refractivity contribution in [3.8, 4) is 0 Å². The Hall–Kier alpha value is -0.980. The van der Waals surface area contributed by atoms with Crippen LogP contribution in [0.3, 0.4) is 0 Å². The Morgan fingerprint density at radius 1 is 1.31 bits per heavy atom. The molecular formula is C12H17N. The number of rotatable bonds is 1. The summed E-state index contributed by atoms with van der Waals surface area (Å²) in [6, 6.07) is 8.69. The van der Waals surface area contributed by atoms with E-state index in [2.05, 4.69) is 43.4 Å². The summed E-state index contributed by atoms with van der Waals surface area (Å²) >= 11 is 0. The zero-order chi connectivity index (χ0) is 9.26. The molecule has 0 amide bonds. The topological polar surface area (TPSA) is 12.0 Å². The monoisotopic (exact) mass is 175 g/mol. The van der Waals surface area contributed by atoms with Gasteiger partial charge in [0.2, 0.25) is 0 Å². The van der Waals surface area contributed by atoms with E-state index in [0.29, 0.717) is 0 Å². The van der Waals surface area contributed by atoms with Crippen molar-refractivity contribution in [1.82, 2.24) is 0 Å². The molecule has 1 aromatic carbocycles. The van der Waals surface area contributed by atoms with Gasteiger partial charge in [0.1, 0.15) is 0 Å². The van der Waals surface area contributed by atoms with Gasteiger partial charge in [-0.25, -0.2) is 0 Å². The molecule has 0 saturated carbocycles. The highest BCUT2D eigenvalue weighted by Gasteiger charge is 2.21. The highest BCUT2D eigenvalue weighted by molar-refractivity contribution is 5.54. The average molecular weight is 175 g/mol. The summed E-state index contributed by atoms with van der Waals surface area (Å²) in [7, 11) is 0. The van der Waals surface area contributed by atoms with E-state index in [4.69, 9.17) is 0 Å². The summed E-state index contributed by atoms with van der Waals surface area (Å²) in [6.45, 7) is 5.75. The van der Waals surface area contributed by atoms with Crippen LogP contribution in [0.25, 0.3) is 0 Å². The van der Waals surface area contributed by atoms with E-state index in [1.807, 2.05) is 0 Å². The van der Waals surface area contributed by atoms with Gasteiger partial charge in [-0.15, -0.1) is 0 Å². The van der Waals surface area contributed by atoms with E-state index in [-0.39, 0.29) is 0 Å². The molecule has 0 aromatic heterocycles. The Morgan fingerprint density at radius 2 is 2.08 bits per heavy atom. The first-order valence-corrected chi connectivity index (χ1v) is 5.12. The lowest BCUT2D eigenvalue weighted by Crippen LogP contribution is -2.19. The van der Waals surface area contributed by atoms with Crippen LogP contribution in [0.15, 0.2) is 24.3 Å². The molecule has 70 valence electrons. The molecule has 1 heteroatoms. The van der Waals surface area contributed by atoms with Crippen molar-refractivity contribution in [2.75, 3.05) is 11.9 Å². The van der Waals surface area contributed by atoms with E-state index < -0.39 is 0 Å². The molecule has 1 unspecified atom stereocenters. The summed E-state index contributed by atoms with van der Waals surface area (Å²) in [5.41, 5.74) is 2.84.